The quantitative estimate of drug-likeness (QED) is 0.831. The smallest absolute Gasteiger partial charge is 0.0666 e. The van der Waals surface area contributed by atoms with Crippen LogP contribution in [0.1, 0.15) is 37.9 Å². The van der Waals surface area contributed by atoms with Crippen LogP contribution in [0.4, 0.5) is 0 Å². The maximum Gasteiger partial charge on any atom is 0.0666 e. The molecule has 1 fully saturated rings. The minimum atomic E-state index is 0.647. The lowest BCUT2D eigenvalue weighted by Gasteiger charge is -2.23. The topological polar surface area (TPSA) is 33.1 Å². The van der Waals surface area contributed by atoms with Crippen molar-refractivity contribution in [1.29, 1.82) is 0 Å². The fraction of sp³-hybridized carbons (Fsp3) is 0.786. The molecule has 4 nitrogen and oxygen atoms in total. The highest BCUT2D eigenvalue weighted by molar-refractivity contribution is 5.16. The molecular weight excluding hydrogens is 224 g/mol. The van der Waals surface area contributed by atoms with E-state index in [4.69, 9.17) is 0 Å². The fourth-order valence-electron chi connectivity index (χ4n) is 2.76. The van der Waals surface area contributed by atoms with Crippen LogP contribution in [0.3, 0.4) is 0 Å². The number of hydrogen-bond donors (Lipinski definition) is 1. The molecule has 18 heavy (non-hydrogen) atoms. The third kappa shape index (κ3) is 3.33. The maximum atomic E-state index is 4.47. The Morgan fingerprint density at radius 1 is 1.39 bits per heavy atom. The molecule has 0 radical (unpaired) electrons. The van der Waals surface area contributed by atoms with Crippen molar-refractivity contribution in [2.45, 2.75) is 45.7 Å². The molecule has 1 saturated heterocycles. The number of likely N-dealkylation sites (tertiary alicyclic amines) is 1. The Morgan fingerprint density at radius 3 is 2.78 bits per heavy atom. The van der Waals surface area contributed by atoms with Crippen LogP contribution >= 0.6 is 0 Å². The van der Waals surface area contributed by atoms with Gasteiger partial charge in [-0.2, -0.15) is 5.10 Å². The van der Waals surface area contributed by atoms with Crippen molar-refractivity contribution in [3.63, 3.8) is 0 Å². The highest BCUT2D eigenvalue weighted by Gasteiger charge is 2.17. The molecule has 0 aliphatic carbocycles. The zero-order chi connectivity index (χ0) is 13.0. The van der Waals surface area contributed by atoms with Crippen molar-refractivity contribution < 1.29 is 0 Å². The molecule has 1 unspecified atom stereocenters. The van der Waals surface area contributed by atoms with E-state index < -0.39 is 0 Å². The van der Waals surface area contributed by atoms with Crippen molar-refractivity contribution in [3.8, 4) is 0 Å². The fourth-order valence-corrected chi connectivity index (χ4v) is 2.76. The summed E-state index contributed by atoms with van der Waals surface area (Å²) in [6, 6.07) is 0.647. The second-order valence-corrected chi connectivity index (χ2v) is 5.35. The lowest BCUT2D eigenvalue weighted by molar-refractivity contribution is 0.251. The van der Waals surface area contributed by atoms with Gasteiger partial charge in [0.25, 0.3) is 0 Å². The zero-order valence-electron chi connectivity index (χ0n) is 11.9. The first-order chi connectivity index (χ1) is 8.70. The molecule has 0 bridgehead atoms. The van der Waals surface area contributed by atoms with E-state index in [-0.39, 0.29) is 0 Å². The minimum Gasteiger partial charge on any atom is -0.311 e. The van der Waals surface area contributed by atoms with Gasteiger partial charge in [-0.1, -0.05) is 6.92 Å². The second kappa shape index (κ2) is 6.34. The van der Waals surface area contributed by atoms with Gasteiger partial charge in [0, 0.05) is 37.9 Å². The largest absolute Gasteiger partial charge is 0.311 e. The number of hydrogen-bond acceptors (Lipinski definition) is 3. The van der Waals surface area contributed by atoms with Crippen molar-refractivity contribution in [1.82, 2.24) is 20.0 Å². The van der Waals surface area contributed by atoms with Gasteiger partial charge in [0.15, 0.2) is 0 Å². The monoisotopic (exact) mass is 250 g/mol. The molecule has 0 amide bonds. The van der Waals surface area contributed by atoms with Crippen LogP contribution in [0.2, 0.25) is 0 Å². The number of nitrogens with one attached hydrogen (secondary N) is 1. The summed E-state index contributed by atoms with van der Waals surface area (Å²) in [6.07, 6.45) is 5.88. The SMILES string of the molecule is CCc1nn(C)cc1CNCC(C)N1CCCC1. The van der Waals surface area contributed by atoms with Crippen molar-refractivity contribution in [2.24, 2.45) is 7.05 Å². The molecule has 1 N–H and O–H groups in total. The highest BCUT2D eigenvalue weighted by atomic mass is 15.3. The van der Waals surface area contributed by atoms with Crippen molar-refractivity contribution in [2.75, 3.05) is 19.6 Å². The summed E-state index contributed by atoms with van der Waals surface area (Å²) in [5, 5.41) is 8.04. The van der Waals surface area contributed by atoms with E-state index in [0.717, 1.165) is 19.5 Å². The molecular formula is C14H26N4. The third-order valence-electron chi connectivity index (χ3n) is 3.85. The molecule has 4 heteroatoms. The van der Waals surface area contributed by atoms with Gasteiger partial charge < -0.3 is 5.32 Å². The Hall–Kier alpha value is -0.870. The number of aromatic nitrogens is 2. The molecule has 0 saturated carbocycles. The van der Waals surface area contributed by atoms with Gasteiger partial charge in [0.05, 0.1) is 5.69 Å². The van der Waals surface area contributed by atoms with E-state index in [0.29, 0.717) is 6.04 Å². The summed E-state index contributed by atoms with van der Waals surface area (Å²) < 4.78 is 1.92. The van der Waals surface area contributed by atoms with Crippen molar-refractivity contribution >= 4 is 0 Å². The second-order valence-electron chi connectivity index (χ2n) is 5.35. The van der Waals surface area contributed by atoms with Gasteiger partial charge in [-0.3, -0.25) is 9.58 Å². The minimum absolute atomic E-state index is 0.647. The van der Waals surface area contributed by atoms with E-state index in [1.165, 1.54) is 37.2 Å². The molecule has 1 aliphatic heterocycles. The molecule has 102 valence electrons. The van der Waals surface area contributed by atoms with Gasteiger partial charge in [-0.25, -0.2) is 0 Å². The first kappa shape index (κ1) is 13.6. The van der Waals surface area contributed by atoms with Crippen LogP contribution in [-0.4, -0.2) is 40.4 Å². The van der Waals surface area contributed by atoms with Gasteiger partial charge in [-0.05, 0) is 39.3 Å². The highest BCUT2D eigenvalue weighted by Crippen LogP contribution is 2.11. The van der Waals surface area contributed by atoms with Crippen molar-refractivity contribution in [3.05, 3.63) is 17.5 Å². The Bertz CT molecular complexity index is 366. The molecule has 0 aromatic carbocycles. The first-order valence-electron chi connectivity index (χ1n) is 7.17. The van der Waals surface area contributed by atoms with E-state index >= 15 is 0 Å². The summed E-state index contributed by atoms with van der Waals surface area (Å²) in [6.45, 7) is 9.04. The van der Waals surface area contributed by atoms with Crippen LogP contribution < -0.4 is 5.32 Å². The van der Waals surface area contributed by atoms with E-state index in [9.17, 15) is 0 Å². The van der Waals surface area contributed by atoms with Gasteiger partial charge in [0.2, 0.25) is 0 Å². The molecule has 2 rings (SSSR count). The zero-order valence-corrected chi connectivity index (χ0v) is 11.9. The number of rotatable bonds is 6. The summed E-state index contributed by atoms with van der Waals surface area (Å²) in [7, 11) is 2.00. The lowest BCUT2D eigenvalue weighted by atomic mass is 10.2. The van der Waals surface area contributed by atoms with Crippen LogP contribution in [0, 0.1) is 0 Å². The van der Waals surface area contributed by atoms with Gasteiger partial charge in [-0.15, -0.1) is 0 Å². The summed E-state index contributed by atoms with van der Waals surface area (Å²) in [4.78, 5) is 2.58. The van der Waals surface area contributed by atoms with Crippen LogP contribution in [-0.2, 0) is 20.0 Å². The maximum absolute atomic E-state index is 4.47. The number of aryl methyl sites for hydroxylation is 2. The summed E-state index contributed by atoms with van der Waals surface area (Å²) >= 11 is 0. The van der Waals surface area contributed by atoms with E-state index in [1.807, 2.05) is 11.7 Å². The molecule has 0 spiro atoms. The molecule has 1 aromatic rings. The van der Waals surface area contributed by atoms with Crippen LogP contribution in [0.15, 0.2) is 6.20 Å². The average Bonchev–Trinajstić information content (AvgIpc) is 2.98. The van der Waals surface area contributed by atoms with Gasteiger partial charge >= 0.3 is 0 Å². The molecule has 1 atom stereocenters. The van der Waals surface area contributed by atoms with Gasteiger partial charge in [0.1, 0.15) is 0 Å². The van der Waals surface area contributed by atoms with Crippen LogP contribution in [0.5, 0.6) is 0 Å². The normalized spacial score (nSPS) is 18.4. The Labute approximate surface area is 110 Å². The van der Waals surface area contributed by atoms with E-state index in [2.05, 4.69) is 35.4 Å². The predicted octanol–water partition coefficient (Wildman–Crippen LogP) is 1.56. The summed E-state index contributed by atoms with van der Waals surface area (Å²) in [5.74, 6) is 0. The summed E-state index contributed by atoms with van der Waals surface area (Å²) in [5.41, 5.74) is 2.56. The van der Waals surface area contributed by atoms with Crippen LogP contribution in [0.25, 0.3) is 0 Å². The Morgan fingerprint density at radius 2 is 2.11 bits per heavy atom. The first-order valence-corrected chi connectivity index (χ1v) is 7.17. The molecule has 2 heterocycles. The van der Waals surface area contributed by atoms with E-state index in [1.54, 1.807) is 0 Å². The molecule has 1 aromatic heterocycles. The Kier molecular flexibility index (Phi) is 4.78. The Balaban J connectivity index is 1.77. The third-order valence-corrected chi connectivity index (χ3v) is 3.85. The average molecular weight is 250 g/mol. The predicted molar refractivity (Wildman–Crippen MR) is 74.6 cm³/mol. The lowest BCUT2D eigenvalue weighted by Crippen LogP contribution is -2.38. The standard InChI is InChI=1S/C14H26N4/c1-4-14-13(11-17(3)16-14)10-15-9-12(2)18-7-5-6-8-18/h11-12,15H,4-10H2,1-3H3. The molecule has 1 aliphatic rings. The number of nitrogens with zero attached hydrogens (tertiary/aromatic N) is 3.